The summed E-state index contributed by atoms with van der Waals surface area (Å²) in [7, 11) is 1.07. The topological polar surface area (TPSA) is 131 Å². The summed E-state index contributed by atoms with van der Waals surface area (Å²) >= 11 is 0. The predicted molar refractivity (Wildman–Crippen MR) is 68.5 cm³/mol. The van der Waals surface area contributed by atoms with E-state index in [1.807, 2.05) is 4.98 Å². The molecule has 1 saturated heterocycles. The van der Waals surface area contributed by atoms with Gasteiger partial charge in [0, 0.05) is 6.20 Å². The van der Waals surface area contributed by atoms with Crippen LogP contribution in [0.5, 0.6) is 0 Å². The zero-order valence-corrected chi connectivity index (χ0v) is 11.3. The lowest BCUT2D eigenvalue weighted by molar-refractivity contribution is -0.150. The predicted octanol–water partition coefficient (Wildman–Crippen LogP) is -1.59. The van der Waals surface area contributed by atoms with E-state index in [1.54, 1.807) is 0 Å². The summed E-state index contributed by atoms with van der Waals surface area (Å²) in [6.45, 7) is -0.174. The number of aromatic nitrogens is 2. The second-order valence-corrected chi connectivity index (χ2v) is 4.65. The molecule has 0 saturated carbocycles. The standard InChI is InChI=1S/C12H16N2O7/c1-20-11(18)9(16)7-4-14(12(19)13-10(7)17)8-3-2-6(5-15)21-8/h4,6,8-9,15-16H,2-3,5H2,1H3,(H,13,17,19)/t6?,8-,9?/m1/s1. The fourth-order valence-corrected chi connectivity index (χ4v) is 2.17. The SMILES string of the molecule is COC(=O)C(O)c1cn([C@H]2CCC(CO)O2)c(=O)[nH]c1=O. The molecule has 21 heavy (non-hydrogen) atoms. The summed E-state index contributed by atoms with van der Waals surface area (Å²) in [5.74, 6) is -1.01. The maximum Gasteiger partial charge on any atom is 0.339 e. The molecule has 3 N–H and O–H groups in total. The minimum absolute atomic E-state index is 0.174. The molecular formula is C12H16N2O7. The van der Waals surface area contributed by atoms with Gasteiger partial charge >= 0.3 is 11.7 Å². The van der Waals surface area contributed by atoms with E-state index < -0.39 is 29.6 Å². The van der Waals surface area contributed by atoms with Crippen LogP contribution in [0.1, 0.15) is 30.7 Å². The highest BCUT2D eigenvalue weighted by atomic mass is 16.5. The van der Waals surface area contributed by atoms with Gasteiger partial charge in [0.15, 0.2) is 6.10 Å². The monoisotopic (exact) mass is 300 g/mol. The fourth-order valence-electron chi connectivity index (χ4n) is 2.17. The Bertz CT molecular complexity index is 635. The number of ether oxygens (including phenoxy) is 2. The number of rotatable bonds is 4. The van der Waals surface area contributed by atoms with Crippen LogP contribution < -0.4 is 11.2 Å². The number of nitrogens with zero attached hydrogens (tertiary/aromatic N) is 1. The lowest BCUT2D eigenvalue weighted by Crippen LogP contribution is -2.36. The fraction of sp³-hybridized carbons (Fsp3) is 0.583. The third-order valence-corrected chi connectivity index (χ3v) is 3.31. The van der Waals surface area contributed by atoms with Crippen molar-refractivity contribution in [2.45, 2.75) is 31.3 Å². The van der Waals surface area contributed by atoms with Gasteiger partial charge in [0.25, 0.3) is 5.56 Å². The lowest BCUT2D eigenvalue weighted by Gasteiger charge is -2.16. The van der Waals surface area contributed by atoms with E-state index in [1.165, 1.54) is 0 Å². The highest BCUT2D eigenvalue weighted by Crippen LogP contribution is 2.26. The van der Waals surface area contributed by atoms with Gasteiger partial charge in [-0.1, -0.05) is 0 Å². The zero-order chi connectivity index (χ0) is 15.6. The first-order valence-electron chi connectivity index (χ1n) is 6.35. The van der Waals surface area contributed by atoms with Crippen LogP contribution >= 0.6 is 0 Å². The zero-order valence-electron chi connectivity index (χ0n) is 11.3. The maximum atomic E-state index is 11.8. The van der Waals surface area contributed by atoms with Crippen molar-refractivity contribution in [3.05, 3.63) is 32.6 Å². The molecule has 0 aromatic carbocycles. The Morgan fingerprint density at radius 3 is 2.86 bits per heavy atom. The molecule has 2 rings (SSSR count). The van der Waals surface area contributed by atoms with Crippen molar-refractivity contribution in [1.29, 1.82) is 0 Å². The highest BCUT2D eigenvalue weighted by molar-refractivity contribution is 5.75. The number of methoxy groups -OCH3 is 1. The number of hydrogen-bond donors (Lipinski definition) is 3. The average Bonchev–Trinajstić information content (AvgIpc) is 2.94. The smallest absolute Gasteiger partial charge is 0.339 e. The number of H-pyrrole nitrogens is 1. The third-order valence-electron chi connectivity index (χ3n) is 3.31. The minimum Gasteiger partial charge on any atom is -0.467 e. The number of esters is 1. The Balaban J connectivity index is 2.38. The van der Waals surface area contributed by atoms with E-state index in [9.17, 15) is 19.5 Å². The lowest BCUT2D eigenvalue weighted by atomic mass is 10.2. The molecule has 1 aromatic heterocycles. The Morgan fingerprint density at radius 1 is 1.57 bits per heavy atom. The number of aliphatic hydroxyl groups is 2. The number of nitrogens with one attached hydrogen (secondary N) is 1. The first kappa shape index (κ1) is 15.4. The minimum atomic E-state index is -1.79. The molecule has 0 spiro atoms. The summed E-state index contributed by atoms with van der Waals surface area (Å²) in [4.78, 5) is 36.8. The van der Waals surface area contributed by atoms with Crippen molar-refractivity contribution < 1.29 is 24.5 Å². The molecule has 2 heterocycles. The number of aromatic amines is 1. The molecular weight excluding hydrogens is 284 g/mol. The van der Waals surface area contributed by atoms with E-state index in [0.717, 1.165) is 17.9 Å². The normalized spacial score (nSPS) is 23.0. The van der Waals surface area contributed by atoms with Crippen LogP contribution in [0.4, 0.5) is 0 Å². The molecule has 2 unspecified atom stereocenters. The largest absolute Gasteiger partial charge is 0.467 e. The Hall–Kier alpha value is -1.97. The highest BCUT2D eigenvalue weighted by Gasteiger charge is 2.29. The van der Waals surface area contributed by atoms with Gasteiger partial charge in [0.1, 0.15) is 6.23 Å². The Kier molecular flexibility index (Phi) is 4.56. The van der Waals surface area contributed by atoms with Crippen LogP contribution in [0.25, 0.3) is 0 Å². The molecule has 1 fully saturated rings. The van der Waals surface area contributed by atoms with Crippen molar-refractivity contribution in [1.82, 2.24) is 9.55 Å². The Morgan fingerprint density at radius 2 is 2.29 bits per heavy atom. The van der Waals surface area contributed by atoms with Gasteiger partial charge in [-0.15, -0.1) is 0 Å². The van der Waals surface area contributed by atoms with Crippen LogP contribution in [0.15, 0.2) is 15.8 Å². The van der Waals surface area contributed by atoms with Gasteiger partial charge in [-0.25, -0.2) is 9.59 Å². The second-order valence-electron chi connectivity index (χ2n) is 4.65. The van der Waals surface area contributed by atoms with Crippen molar-refractivity contribution >= 4 is 5.97 Å². The van der Waals surface area contributed by atoms with Crippen LogP contribution in [-0.4, -0.2) is 45.6 Å². The molecule has 0 aliphatic carbocycles. The summed E-state index contributed by atoms with van der Waals surface area (Å²) in [5.41, 5.74) is -1.90. The summed E-state index contributed by atoms with van der Waals surface area (Å²) in [6.07, 6.45) is -0.752. The van der Waals surface area contributed by atoms with Crippen molar-refractivity contribution in [2.24, 2.45) is 0 Å². The van der Waals surface area contributed by atoms with E-state index >= 15 is 0 Å². The molecule has 0 bridgehead atoms. The number of carbonyl (C=O) groups is 1. The molecule has 9 nitrogen and oxygen atoms in total. The van der Waals surface area contributed by atoms with Gasteiger partial charge in [-0.3, -0.25) is 14.3 Å². The first-order valence-corrected chi connectivity index (χ1v) is 6.35. The van der Waals surface area contributed by atoms with Gasteiger partial charge in [-0.05, 0) is 12.8 Å². The van der Waals surface area contributed by atoms with Crippen LogP contribution in [0, 0.1) is 0 Å². The number of aliphatic hydroxyl groups excluding tert-OH is 2. The van der Waals surface area contributed by atoms with Crippen molar-refractivity contribution in [2.75, 3.05) is 13.7 Å². The maximum absolute atomic E-state index is 11.8. The molecule has 1 aliphatic heterocycles. The van der Waals surface area contributed by atoms with E-state index in [2.05, 4.69) is 4.74 Å². The van der Waals surface area contributed by atoms with E-state index in [4.69, 9.17) is 9.84 Å². The van der Waals surface area contributed by atoms with Crippen molar-refractivity contribution in [3.8, 4) is 0 Å². The van der Waals surface area contributed by atoms with Gasteiger partial charge < -0.3 is 19.7 Å². The van der Waals surface area contributed by atoms with E-state index in [-0.39, 0.29) is 18.3 Å². The van der Waals surface area contributed by atoms with Crippen LogP contribution in [0.2, 0.25) is 0 Å². The summed E-state index contributed by atoms with van der Waals surface area (Å²) in [6, 6.07) is 0. The molecule has 116 valence electrons. The molecule has 0 amide bonds. The molecule has 9 heteroatoms. The van der Waals surface area contributed by atoms with Crippen LogP contribution in [0.3, 0.4) is 0 Å². The first-order chi connectivity index (χ1) is 9.97. The van der Waals surface area contributed by atoms with Gasteiger partial charge in [-0.2, -0.15) is 0 Å². The molecule has 1 aromatic rings. The molecule has 3 atom stereocenters. The quantitative estimate of drug-likeness (QED) is 0.571. The van der Waals surface area contributed by atoms with Crippen LogP contribution in [-0.2, 0) is 14.3 Å². The molecule has 1 aliphatic rings. The van der Waals surface area contributed by atoms with Gasteiger partial charge in [0.05, 0.1) is 25.4 Å². The van der Waals surface area contributed by atoms with Crippen molar-refractivity contribution in [3.63, 3.8) is 0 Å². The third kappa shape index (κ3) is 3.04. The van der Waals surface area contributed by atoms with Gasteiger partial charge in [0.2, 0.25) is 0 Å². The van der Waals surface area contributed by atoms with E-state index in [0.29, 0.717) is 12.8 Å². The summed E-state index contributed by atoms with van der Waals surface area (Å²) < 4.78 is 10.9. The Labute approximate surface area is 118 Å². The molecule has 0 radical (unpaired) electrons. The average molecular weight is 300 g/mol. The number of carbonyl (C=O) groups excluding carboxylic acids is 1. The second kappa shape index (κ2) is 6.20. The number of hydrogen-bond acceptors (Lipinski definition) is 7. The summed E-state index contributed by atoms with van der Waals surface area (Å²) in [5, 5.41) is 18.8.